The molecule has 0 radical (unpaired) electrons. The first-order valence-electron chi connectivity index (χ1n) is 12.6. The number of aromatic nitrogens is 3. The number of amides is 2. The van der Waals surface area contributed by atoms with Crippen LogP contribution in [0.4, 0.5) is 0 Å². The molecule has 1 aliphatic heterocycles. The fourth-order valence-corrected chi connectivity index (χ4v) is 5.07. The third kappa shape index (κ3) is 4.39. The molecule has 36 heavy (non-hydrogen) atoms. The molecule has 2 amide bonds. The van der Waals surface area contributed by atoms with Gasteiger partial charge in [0.15, 0.2) is 0 Å². The van der Waals surface area contributed by atoms with Crippen LogP contribution in [-0.2, 0) is 4.79 Å². The third-order valence-electron chi connectivity index (χ3n) is 7.31. The molecule has 0 spiro atoms. The van der Waals surface area contributed by atoms with Gasteiger partial charge in [0.05, 0.1) is 6.54 Å². The van der Waals surface area contributed by atoms with Gasteiger partial charge in [-0.15, -0.1) is 0 Å². The lowest BCUT2D eigenvalue weighted by molar-refractivity contribution is -0.131. The highest BCUT2D eigenvalue weighted by Gasteiger charge is 2.28. The van der Waals surface area contributed by atoms with E-state index in [1.807, 2.05) is 6.07 Å². The van der Waals surface area contributed by atoms with E-state index in [0.717, 1.165) is 18.4 Å². The molecule has 3 heterocycles. The van der Waals surface area contributed by atoms with Crippen LogP contribution in [0.2, 0.25) is 0 Å². The molecule has 1 saturated heterocycles. The van der Waals surface area contributed by atoms with E-state index in [9.17, 15) is 9.59 Å². The zero-order valence-electron chi connectivity index (χ0n) is 20.3. The molecule has 2 aromatic carbocycles. The maximum atomic E-state index is 12.6. The van der Waals surface area contributed by atoms with Crippen molar-refractivity contribution in [3.8, 4) is 11.4 Å². The van der Waals surface area contributed by atoms with Crippen LogP contribution in [0.1, 0.15) is 59.5 Å². The summed E-state index contributed by atoms with van der Waals surface area (Å²) in [5.41, 5.74) is 4.02. The minimum atomic E-state index is -0.241. The Labute approximate surface area is 209 Å². The van der Waals surface area contributed by atoms with Crippen molar-refractivity contribution in [2.24, 2.45) is 0 Å². The van der Waals surface area contributed by atoms with Crippen LogP contribution < -0.4 is 5.32 Å². The highest BCUT2D eigenvalue weighted by Crippen LogP contribution is 2.39. The second-order valence-electron chi connectivity index (χ2n) is 9.84. The predicted octanol–water partition coefficient (Wildman–Crippen LogP) is 4.47. The first kappa shape index (κ1) is 22.5. The Hall–Kier alpha value is -3.94. The molecule has 184 valence electrons. The van der Waals surface area contributed by atoms with E-state index < -0.39 is 0 Å². The zero-order valence-corrected chi connectivity index (χ0v) is 20.3. The number of benzene rings is 2. The van der Waals surface area contributed by atoms with E-state index in [0.29, 0.717) is 36.4 Å². The zero-order chi connectivity index (χ0) is 24.6. The molecule has 8 nitrogen and oxygen atoms in total. The van der Waals surface area contributed by atoms with Crippen molar-refractivity contribution in [1.82, 2.24) is 24.9 Å². The van der Waals surface area contributed by atoms with Gasteiger partial charge in [0.25, 0.3) is 5.91 Å². The van der Waals surface area contributed by atoms with E-state index in [-0.39, 0.29) is 24.3 Å². The van der Waals surface area contributed by atoms with Crippen molar-refractivity contribution in [2.45, 2.75) is 44.6 Å². The van der Waals surface area contributed by atoms with Gasteiger partial charge in [-0.2, -0.15) is 4.98 Å². The van der Waals surface area contributed by atoms with Gasteiger partial charge >= 0.3 is 0 Å². The first-order valence-corrected chi connectivity index (χ1v) is 12.6. The van der Waals surface area contributed by atoms with E-state index >= 15 is 0 Å². The first-order chi connectivity index (χ1) is 17.6. The lowest BCUT2D eigenvalue weighted by Gasteiger charge is -2.30. The number of hydrogen-bond acceptors (Lipinski definition) is 5. The molecule has 0 unspecified atom stereocenters. The van der Waals surface area contributed by atoms with Crippen molar-refractivity contribution < 1.29 is 14.1 Å². The fourth-order valence-electron chi connectivity index (χ4n) is 5.07. The normalized spacial score (nSPS) is 16.4. The summed E-state index contributed by atoms with van der Waals surface area (Å²) in [5.74, 6) is 1.04. The molecule has 2 fully saturated rings. The molecule has 1 N–H and O–H groups in total. The summed E-state index contributed by atoms with van der Waals surface area (Å²) < 4.78 is 8.04. The maximum absolute atomic E-state index is 12.6. The summed E-state index contributed by atoms with van der Waals surface area (Å²) in [5, 5.41) is 8.26. The van der Waals surface area contributed by atoms with Crippen LogP contribution in [0.3, 0.4) is 0 Å². The van der Waals surface area contributed by atoms with E-state index in [2.05, 4.69) is 46.4 Å². The lowest BCUT2D eigenvalue weighted by Crippen LogP contribution is -2.43. The molecular weight excluding hydrogens is 454 g/mol. The number of carbonyl (C=O) groups is 2. The summed E-state index contributed by atoms with van der Waals surface area (Å²) in [6.07, 6.45) is 6.22. The summed E-state index contributed by atoms with van der Waals surface area (Å²) in [4.78, 5) is 31.3. The van der Waals surface area contributed by atoms with Crippen LogP contribution in [0.5, 0.6) is 0 Å². The van der Waals surface area contributed by atoms with E-state index in [4.69, 9.17) is 9.51 Å². The Kier molecular flexibility index (Phi) is 5.79. The number of carbonyl (C=O) groups excluding carboxylic acids is 2. The number of rotatable bonds is 6. The number of likely N-dealkylation sites (tertiary alicyclic amines) is 1. The van der Waals surface area contributed by atoms with Crippen molar-refractivity contribution in [3.63, 3.8) is 0 Å². The van der Waals surface area contributed by atoms with Gasteiger partial charge in [-0.05, 0) is 56.4 Å². The van der Waals surface area contributed by atoms with Gasteiger partial charge < -0.3 is 19.3 Å². The second kappa shape index (κ2) is 9.26. The summed E-state index contributed by atoms with van der Waals surface area (Å²) >= 11 is 0. The molecule has 2 aliphatic rings. The molecule has 6 rings (SSSR count). The SMILES string of the molecule is Cc1cn(C2CC2)c2cc(-c3noc(C4CCN(C(=O)CNC(=O)c5ccccc5)CC4)n3)ccc12. The largest absolute Gasteiger partial charge is 0.344 e. The average molecular weight is 484 g/mol. The topological polar surface area (TPSA) is 93.3 Å². The molecular formula is C28H29N5O3. The van der Waals surface area contributed by atoms with Crippen molar-refractivity contribution in [1.29, 1.82) is 0 Å². The van der Waals surface area contributed by atoms with Crippen molar-refractivity contribution in [2.75, 3.05) is 19.6 Å². The van der Waals surface area contributed by atoms with Gasteiger partial charge in [-0.1, -0.05) is 35.5 Å². The van der Waals surface area contributed by atoms with E-state index in [1.165, 1.54) is 29.3 Å². The van der Waals surface area contributed by atoms with Gasteiger partial charge in [-0.3, -0.25) is 9.59 Å². The van der Waals surface area contributed by atoms with Gasteiger partial charge in [-0.25, -0.2) is 0 Å². The summed E-state index contributed by atoms with van der Waals surface area (Å²) in [6, 6.07) is 15.9. The number of fused-ring (bicyclic) bond motifs is 1. The van der Waals surface area contributed by atoms with Crippen LogP contribution in [0.15, 0.2) is 59.3 Å². The number of nitrogens with zero attached hydrogens (tertiary/aromatic N) is 4. The Morgan fingerprint density at radius 1 is 1.06 bits per heavy atom. The monoisotopic (exact) mass is 483 g/mol. The van der Waals surface area contributed by atoms with Gasteiger partial charge in [0.2, 0.25) is 17.6 Å². The molecule has 4 aromatic rings. The molecule has 2 aromatic heterocycles. The standard InChI is InChI=1S/C28H29N5O3/c1-18-17-33(22-8-9-22)24-15-21(7-10-23(18)24)26-30-28(36-31-26)20-11-13-32(14-12-20)25(34)16-29-27(35)19-5-3-2-4-6-19/h2-7,10,15,17,20,22H,8-9,11-14,16H2,1H3,(H,29,35). The Morgan fingerprint density at radius 2 is 1.83 bits per heavy atom. The molecule has 1 aliphatic carbocycles. The van der Waals surface area contributed by atoms with Crippen molar-refractivity contribution >= 4 is 22.7 Å². The number of hydrogen-bond donors (Lipinski definition) is 1. The highest BCUT2D eigenvalue weighted by molar-refractivity contribution is 5.96. The summed E-state index contributed by atoms with van der Waals surface area (Å²) in [6.45, 7) is 3.35. The quantitative estimate of drug-likeness (QED) is 0.437. The van der Waals surface area contributed by atoms with Crippen LogP contribution in [0.25, 0.3) is 22.3 Å². The molecule has 1 saturated carbocycles. The summed E-state index contributed by atoms with van der Waals surface area (Å²) in [7, 11) is 0. The predicted molar refractivity (Wildman–Crippen MR) is 136 cm³/mol. The second-order valence-corrected chi connectivity index (χ2v) is 9.84. The van der Waals surface area contributed by atoms with Crippen LogP contribution >= 0.6 is 0 Å². The molecule has 0 atom stereocenters. The average Bonchev–Trinajstić information content (AvgIpc) is 3.55. The number of aryl methyl sites for hydroxylation is 1. The number of piperidine rings is 1. The Morgan fingerprint density at radius 3 is 2.58 bits per heavy atom. The lowest BCUT2D eigenvalue weighted by atomic mass is 9.96. The van der Waals surface area contributed by atoms with E-state index in [1.54, 1.807) is 29.2 Å². The van der Waals surface area contributed by atoms with Crippen LogP contribution in [-0.4, -0.2) is 51.1 Å². The van der Waals surface area contributed by atoms with Gasteiger partial charge in [0.1, 0.15) is 0 Å². The van der Waals surface area contributed by atoms with Crippen molar-refractivity contribution in [3.05, 3.63) is 71.7 Å². The smallest absolute Gasteiger partial charge is 0.251 e. The Balaban J connectivity index is 1.07. The maximum Gasteiger partial charge on any atom is 0.251 e. The van der Waals surface area contributed by atoms with Gasteiger partial charge in [0, 0.05) is 53.3 Å². The van der Waals surface area contributed by atoms with Crippen LogP contribution in [0, 0.1) is 6.92 Å². The third-order valence-corrected chi connectivity index (χ3v) is 7.31. The molecule has 8 heteroatoms. The minimum Gasteiger partial charge on any atom is -0.344 e. The minimum absolute atomic E-state index is 0.00631. The fraction of sp³-hybridized carbons (Fsp3) is 0.357. The number of nitrogens with one attached hydrogen (secondary N) is 1. The highest BCUT2D eigenvalue weighted by atomic mass is 16.5. The Bertz CT molecular complexity index is 1410. The molecule has 0 bridgehead atoms.